The Morgan fingerprint density at radius 2 is 2.35 bits per heavy atom. The van der Waals surface area contributed by atoms with E-state index in [1.807, 2.05) is 6.07 Å². The van der Waals surface area contributed by atoms with Crippen molar-refractivity contribution in [3.05, 3.63) is 46.9 Å². The molecule has 0 spiro atoms. The normalized spacial score (nSPS) is 14.4. The first-order chi connectivity index (χ1) is 8.20. The van der Waals surface area contributed by atoms with E-state index in [2.05, 4.69) is 11.9 Å². The predicted octanol–water partition coefficient (Wildman–Crippen LogP) is 1.06. The lowest BCUT2D eigenvalue weighted by Gasteiger charge is -2.07. The second-order valence-electron chi connectivity index (χ2n) is 4.36. The molecule has 1 aromatic heterocycles. The van der Waals surface area contributed by atoms with E-state index in [4.69, 9.17) is 0 Å². The molecule has 1 saturated carbocycles. The van der Waals surface area contributed by atoms with Crippen LogP contribution < -0.4 is 10.9 Å². The quantitative estimate of drug-likeness (QED) is 0.772. The summed E-state index contributed by atoms with van der Waals surface area (Å²) >= 11 is 0. The van der Waals surface area contributed by atoms with Gasteiger partial charge in [0.05, 0.1) is 0 Å². The highest BCUT2D eigenvalue weighted by atomic mass is 16.1. The fourth-order valence-corrected chi connectivity index (χ4v) is 1.70. The van der Waals surface area contributed by atoms with Crippen LogP contribution in [0.4, 0.5) is 0 Å². The van der Waals surface area contributed by atoms with Crippen LogP contribution in [0.5, 0.6) is 0 Å². The van der Waals surface area contributed by atoms with Gasteiger partial charge in [0.15, 0.2) is 0 Å². The largest absolute Gasteiger partial charge is 0.348 e. The molecule has 1 aromatic rings. The van der Waals surface area contributed by atoms with E-state index < -0.39 is 0 Å². The maximum absolute atomic E-state index is 12.0. The highest BCUT2D eigenvalue weighted by Gasteiger charge is 2.22. The number of amides is 1. The summed E-state index contributed by atoms with van der Waals surface area (Å²) in [5.41, 5.74) is 0.604. The van der Waals surface area contributed by atoms with Gasteiger partial charge >= 0.3 is 0 Å². The van der Waals surface area contributed by atoms with Gasteiger partial charge in [0.1, 0.15) is 0 Å². The summed E-state index contributed by atoms with van der Waals surface area (Å²) in [6.45, 7) is 4.42. The molecule has 4 nitrogen and oxygen atoms in total. The average molecular weight is 232 g/mol. The van der Waals surface area contributed by atoms with Gasteiger partial charge in [0, 0.05) is 24.8 Å². The molecule has 1 aliphatic rings. The van der Waals surface area contributed by atoms with Crippen LogP contribution in [0.2, 0.25) is 0 Å². The zero-order valence-corrected chi connectivity index (χ0v) is 9.69. The molecule has 0 atom stereocenters. The van der Waals surface area contributed by atoms with E-state index in [0.29, 0.717) is 11.5 Å². The number of rotatable bonds is 5. The summed E-state index contributed by atoms with van der Waals surface area (Å²) in [5, 5.41) is 2.62. The van der Waals surface area contributed by atoms with Gasteiger partial charge in [-0.1, -0.05) is 12.6 Å². The Balaban J connectivity index is 2.08. The van der Waals surface area contributed by atoms with Gasteiger partial charge < -0.3 is 9.88 Å². The topological polar surface area (TPSA) is 51.1 Å². The lowest BCUT2D eigenvalue weighted by molar-refractivity contribution is -0.116. The van der Waals surface area contributed by atoms with E-state index in [1.54, 1.807) is 16.8 Å². The Kier molecular flexibility index (Phi) is 3.42. The first-order valence-corrected chi connectivity index (χ1v) is 5.79. The zero-order chi connectivity index (χ0) is 12.3. The Bertz CT molecular complexity index is 486. The molecule has 0 radical (unpaired) electrons. The second-order valence-corrected chi connectivity index (χ2v) is 4.36. The summed E-state index contributed by atoms with van der Waals surface area (Å²) in [6.07, 6.45) is 5.43. The molecule has 4 heteroatoms. The molecule has 1 fully saturated rings. The first-order valence-electron chi connectivity index (χ1n) is 5.79. The number of nitrogens with one attached hydrogen (secondary N) is 1. The van der Waals surface area contributed by atoms with Crippen molar-refractivity contribution in [3.63, 3.8) is 0 Å². The average Bonchev–Trinajstić information content (AvgIpc) is 3.14. The minimum absolute atomic E-state index is 0.0104. The Labute approximate surface area is 100.0 Å². The summed E-state index contributed by atoms with van der Waals surface area (Å²) < 4.78 is 1.73. The molecule has 0 aliphatic heterocycles. The van der Waals surface area contributed by atoms with Crippen LogP contribution >= 0.6 is 0 Å². The van der Waals surface area contributed by atoms with Crippen molar-refractivity contribution < 1.29 is 4.79 Å². The summed E-state index contributed by atoms with van der Waals surface area (Å²) in [5.74, 6) is 0.396. The molecule has 0 bridgehead atoms. The molecule has 0 aromatic carbocycles. The third kappa shape index (κ3) is 3.06. The van der Waals surface area contributed by atoms with Gasteiger partial charge in [-0.2, -0.15) is 0 Å². The van der Waals surface area contributed by atoms with E-state index in [-0.39, 0.29) is 18.0 Å². The molecular formula is C13H16N2O2. The molecule has 90 valence electrons. The third-order valence-electron chi connectivity index (χ3n) is 2.89. The molecule has 17 heavy (non-hydrogen) atoms. The minimum atomic E-state index is -0.262. The van der Waals surface area contributed by atoms with Crippen LogP contribution in [0, 0.1) is 5.92 Å². The van der Waals surface area contributed by atoms with Gasteiger partial charge in [-0.3, -0.25) is 9.59 Å². The first kappa shape index (κ1) is 11.6. The van der Waals surface area contributed by atoms with Crippen LogP contribution in [0.3, 0.4) is 0 Å². The van der Waals surface area contributed by atoms with Gasteiger partial charge in [-0.25, -0.2) is 0 Å². The fourth-order valence-electron chi connectivity index (χ4n) is 1.70. The van der Waals surface area contributed by atoms with Crippen molar-refractivity contribution >= 4 is 5.91 Å². The van der Waals surface area contributed by atoms with Crippen LogP contribution in [0.15, 0.2) is 35.8 Å². The van der Waals surface area contributed by atoms with Crippen molar-refractivity contribution in [2.45, 2.75) is 25.9 Å². The van der Waals surface area contributed by atoms with Crippen molar-refractivity contribution in [2.75, 3.05) is 0 Å². The van der Waals surface area contributed by atoms with Crippen LogP contribution in [0.25, 0.3) is 0 Å². The molecule has 2 rings (SSSR count). The van der Waals surface area contributed by atoms with E-state index in [0.717, 1.165) is 6.54 Å². The third-order valence-corrected chi connectivity index (χ3v) is 2.89. The van der Waals surface area contributed by atoms with E-state index in [9.17, 15) is 9.59 Å². The smallest absolute Gasteiger partial charge is 0.255 e. The molecular weight excluding hydrogens is 216 g/mol. The molecule has 1 amide bonds. The summed E-state index contributed by atoms with van der Waals surface area (Å²) in [6, 6.07) is 3.59. The Morgan fingerprint density at radius 1 is 1.59 bits per heavy atom. The van der Waals surface area contributed by atoms with Crippen molar-refractivity contribution in [1.82, 2.24) is 9.88 Å². The van der Waals surface area contributed by atoms with Crippen LogP contribution in [-0.2, 0) is 17.9 Å². The molecule has 0 saturated heterocycles. The zero-order valence-electron chi connectivity index (χ0n) is 9.69. The summed E-state index contributed by atoms with van der Waals surface area (Å²) in [7, 11) is 0. The number of aromatic nitrogens is 1. The van der Waals surface area contributed by atoms with Crippen molar-refractivity contribution in [3.8, 4) is 0 Å². The molecule has 1 N–H and O–H groups in total. The molecule has 1 heterocycles. The highest BCUT2D eigenvalue weighted by Crippen LogP contribution is 2.29. The van der Waals surface area contributed by atoms with Crippen molar-refractivity contribution in [2.24, 2.45) is 5.92 Å². The maximum atomic E-state index is 12.0. The van der Waals surface area contributed by atoms with Gasteiger partial charge in [-0.15, -0.1) is 0 Å². The number of nitrogens with zero attached hydrogens (tertiary/aromatic N) is 1. The summed E-state index contributed by atoms with van der Waals surface area (Å²) in [4.78, 5) is 23.1. The number of carbonyl (C=O) groups excluding carboxylic acids is 1. The Hall–Kier alpha value is -1.84. The van der Waals surface area contributed by atoms with Crippen LogP contribution in [0.1, 0.15) is 18.4 Å². The number of hydrogen-bond acceptors (Lipinski definition) is 2. The van der Waals surface area contributed by atoms with Gasteiger partial charge in [-0.05, 0) is 30.9 Å². The highest BCUT2D eigenvalue weighted by molar-refractivity contribution is 5.86. The Morgan fingerprint density at radius 3 is 3.00 bits per heavy atom. The monoisotopic (exact) mass is 232 g/mol. The van der Waals surface area contributed by atoms with E-state index in [1.165, 1.54) is 18.9 Å². The SMILES string of the molecule is C=CC(=O)NCc1cccn(CC2CC2)c1=O. The van der Waals surface area contributed by atoms with Crippen molar-refractivity contribution in [1.29, 1.82) is 0 Å². The van der Waals surface area contributed by atoms with Gasteiger partial charge in [0.2, 0.25) is 5.91 Å². The minimum Gasteiger partial charge on any atom is -0.348 e. The van der Waals surface area contributed by atoms with E-state index >= 15 is 0 Å². The predicted molar refractivity (Wildman–Crippen MR) is 65.5 cm³/mol. The lowest BCUT2D eigenvalue weighted by atomic mass is 10.2. The standard InChI is InChI=1S/C13H16N2O2/c1-2-12(16)14-8-11-4-3-7-15(13(11)17)9-10-5-6-10/h2-4,7,10H,1,5-6,8-9H2,(H,14,16). The maximum Gasteiger partial charge on any atom is 0.255 e. The fraction of sp³-hybridized carbons (Fsp3) is 0.385. The number of carbonyl (C=O) groups is 1. The molecule has 0 unspecified atom stereocenters. The molecule has 1 aliphatic carbocycles. The van der Waals surface area contributed by atoms with Gasteiger partial charge in [0.25, 0.3) is 5.56 Å². The van der Waals surface area contributed by atoms with Crippen LogP contribution in [-0.4, -0.2) is 10.5 Å². The number of pyridine rings is 1. The second kappa shape index (κ2) is 4.99. The number of hydrogen-bond donors (Lipinski definition) is 1. The lowest BCUT2D eigenvalue weighted by Crippen LogP contribution is -2.29.